The molecule has 0 heterocycles. The van der Waals surface area contributed by atoms with Crippen LogP contribution < -0.4 is 0 Å². The molecule has 0 unspecified atom stereocenters. The molecule has 32 heavy (non-hydrogen) atoms. The van der Waals surface area contributed by atoms with Gasteiger partial charge in [0.25, 0.3) is 0 Å². The SMILES string of the molecule is CCCC/C=C\C/C=C\CCCCCCCCN(CCCCCCCC)CCCN(C)S. The molecule has 0 aromatic rings. The molecule has 0 atom stereocenters. The summed E-state index contributed by atoms with van der Waals surface area (Å²) in [6, 6.07) is 0. The maximum Gasteiger partial charge on any atom is 0.00960 e. The van der Waals surface area contributed by atoms with Crippen molar-refractivity contribution in [1.29, 1.82) is 0 Å². The molecule has 0 radical (unpaired) electrons. The molecule has 0 aromatic carbocycles. The smallest absolute Gasteiger partial charge is 0.00960 e. The van der Waals surface area contributed by atoms with Crippen LogP contribution in [0.4, 0.5) is 0 Å². The van der Waals surface area contributed by atoms with Crippen molar-refractivity contribution in [1.82, 2.24) is 9.21 Å². The van der Waals surface area contributed by atoms with Crippen molar-refractivity contribution >= 4 is 12.8 Å². The zero-order valence-corrected chi connectivity index (χ0v) is 23.1. The molecule has 0 aliphatic heterocycles. The van der Waals surface area contributed by atoms with E-state index in [1.165, 1.54) is 129 Å². The second-order valence-electron chi connectivity index (χ2n) is 9.57. The first-order chi connectivity index (χ1) is 15.7. The lowest BCUT2D eigenvalue weighted by Crippen LogP contribution is -2.29. The molecule has 0 amide bonds. The van der Waals surface area contributed by atoms with Crippen LogP contribution in [0.1, 0.15) is 129 Å². The maximum absolute atomic E-state index is 4.39. The predicted octanol–water partition coefficient (Wildman–Crippen LogP) is 9.24. The van der Waals surface area contributed by atoms with E-state index < -0.39 is 0 Å². The Bertz CT molecular complexity index is 406. The van der Waals surface area contributed by atoms with Crippen molar-refractivity contribution in [2.24, 2.45) is 0 Å². The zero-order chi connectivity index (χ0) is 23.5. The third-order valence-corrected chi connectivity index (χ3v) is 6.41. The monoisotopic (exact) mass is 466 g/mol. The van der Waals surface area contributed by atoms with E-state index in [2.05, 4.69) is 62.9 Å². The summed E-state index contributed by atoms with van der Waals surface area (Å²) in [5, 5.41) is 0. The van der Waals surface area contributed by atoms with Crippen LogP contribution in [0.3, 0.4) is 0 Å². The van der Waals surface area contributed by atoms with Crippen molar-refractivity contribution < 1.29 is 0 Å². The second-order valence-corrected chi connectivity index (χ2v) is 10.3. The van der Waals surface area contributed by atoms with E-state index in [0.29, 0.717) is 0 Å². The summed E-state index contributed by atoms with van der Waals surface area (Å²) in [5.74, 6) is 0. The third kappa shape index (κ3) is 26.0. The highest BCUT2D eigenvalue weighted by Gasteiger charge is 2.05. The van der Waals surface area contributed by atoms with Gasteiger partial charge in [-0.15, -0.1) is 0 Å². The van der Waals surface area contributed by atoms with E-state index in [1.807, 2.05) is 4.31 Å². The molecule has 190 valence electrons. The molecule has 0 aliphatic rings. The van der Waals surface area contributed by atoms with Crippen LogP contribution in [0.2, 0.25) is 0 Å². The highest BCUT2D eigenvalue weighted by Crippen LogP contribution is 2.11. The largest absolute Gasteiger partial charge is 0.303 e. The van der Waals surface area contributed by atoms with Gasteiger partial charge in [0.05, 0.1) is 0 Å². The molecule has 0 aromatic heterocycles. The van der Waals surface area contributed by atoms with E-state index in [0.717, 1.165) is 13.0 Å². The maximum atomic E-state index is 4.39. The molecular formula is C29H58N2S. The minimum atomic E-state index is 1.08. The average Bonchev–Trinajstić information content (AvgIpc) is 2.78. The van der Waals surface area contributed by atoms with E-state index in [1.54, 1.807) is 0 Å². The zero-order valence-electron chi connectivity index (χ0n) is 22.2. The van der Waals surface area contributed by atoms with Crippen molar-refractivity contribution in [3.05, 3.63) is 24.3 Å². The first kappa shape index (κ1) is 31.8. The van der Waals surface area contributed by atoms with Gasteiger partial charge in [0, 0.05) is 6.54 Å². The quantitative estimate of drug-likeness (QED) is 0.0813. The molecule has 0 spiro atoms. The van der Waals surface area contributed by atoms with Gasteiger partial charge < -0.3 is 4.90 Å². The van der Waals surface area contributed by atoms with Gasteiger partial charge in [-0.25, -0.2) is 0 Å². The number of nitrogens with zero attached hydrogens (tertiary/aromatic N) is 2. The Hall–Kier alpha value is -0.250. The number of rotatable bonds is 25. The van der Waals surface area contributed by atoms with Gasteiger partial charge >= 0.3 is 0 Å². The van der Waals surface area contributed by atoms with Crippen molar-refractivity contribution in [3.8, 4) is 0 Å². The van der Waals surface area contributed by atoms with Gasteiger partial charge in [0.2, 0.25) is 0 Å². The number of allylic oxidation sites excluding steroid dienone is 4. The Kier molecular flexibility index (Phi) is 26.8. The van der Waals surface area contributed by atoms with Gasteiger partial charge in [-0.05, 0) is 71.6 Å². The van der Waals surface area contributed by atoms with Crippen LogP contribution in [0, 0.1) is 0 Å². The Morgan fingerprint density at radius 3 is 1.53 bits per heavy atom. The van der Waals surface area contributed by atoms with E-state index in [9.17, 15) is 0 Å². The van der Waals surface area contributed by atoms with Crippen LogP contribution >= 0.6 is 12.8 Å². The molecule has 0 fully saturated rings. The van der Waals surface area contributed by atoms with E-state index >= 15 is 0 Å². The fourth-order valence-electron chi connectivity index (χ4n) is 4.11. The molecular weight excluding hydrogens is 408 g/mol. The van der Waals surface area contributed by atoms with Crippen LogP contribution in [-0.4, -0.2) is 42.4 Å². The molecule has 0 bridgehead atoms. The summed E-state index contributed by atoms with van der Waals surface area (Å²) in [6.45, 7) is 9.46. The highest BCUT2D eigenvalue weighted by atomic mass is 32.1. The summed E-state index contributed by atoms with van der Waals surface area (Å²) >= 11 is 4.39. The fraction of sp³-hybridized carbons (Fsp3) is 0.862. The standard InChI is InChI=1S/C29H58N2S/c1-4-6-8-10-12-13-14-15-16-17-18-19-20-22-24-28-31(29-25-26-30(3)32)27-23-21-11-9-7-5-2/h10,12,14-15,32H,4-9,11,13,16-29H2,1-3H3/b12-10-,15-14-. The lowest BCUT2D eigenvalue weighted by Gasteiger charge is -2.23. The van der Waals surface area contributed by atoms with Crippen LogP contribution in [0.25, 0.3) is 0 Å². The minimum Gasteiger partial charge on any atom is -0.303 e. The van der Waals surface area contributed by atoms with Gasteiger partial charge in [0.15, 0.2) is 0 Å². The normalized spacial score (nSPS) is 12.3. The summed E-state index contributed by atoms with van der Waals surface area (Å²) in [6.07, 6.45) is 33.6. The predicted molar refractivity (Wildman–Crippen MR) is 151 cm³/mol. The highest BCUT2D eigenvalue weighted by molar-refractivity contribution is 7.77. The van der Waals surface area contributed by atoms with Crippen molar-refractivity contribution in [3.63, 3.8) is 0 Å². The average molecular weight is 467 g/mol. The first-order valence-corrected chi connectivity index (χ1v) is 14.5. The molecule has 0 saturated heterocycles. The number of thiol groups is 1. The van der Waals surface area contributed by atoms with E-state index in [4.69, 9.17) is 0 Å². The Morgan fingerprint density at radius 2 is 0.969 bits per heavy atom. The molecule has 0 N–H and O–H groups in total. The van der Waals surface area contributed by atoms with Crippen molar-refractivity contribution in [2.45, 2.75) is 129 Å². The Labute approximate surface area is 208 Å². The molecule has 0 aliphatic carbocycles. The molecule has 2 nitrogen and oxygen atoms in total. The third-order valence-electron chi connectivity index (χ3n) is 6.21. The molecule has 0 rings (SSSR count). The second kappa shape index (κ2) is 27.0. The van der Waals surface area contributed by atoms with Crippen LogP contribution in [0.15, 0.2) is 24.3 Å². The Morgan fingerprint density at radius 1 is 0.500 bits per heavy atom. The van der Waals surface area contributed by atoms with Gasteiger partial charge in [0.1, 0.15) is 0 Å². The molecule has 0 saturated carbocycles. The number of hydrogen-bond donors (Lipinski definition) is 1. The van der Waals surface area contributed by atoms with Crippen molar-refractivity contribution in [2.75, 3.05) is 33.2 Å². The molecule has 3 heteroatoms. The summed E-state index contributed by atoms with van der Waals surface area (Å²) < 4.78 is 2.02. The number of unbranched alkanes of at least 4 members (excludes halogenated alkanes) is 13. The minimum absolute atomic E-state index is 1.08. The van der Waals surface area contributed by atoms with Gasteiger partial charge in [-0.2, -0.15) is 0 Å². The summed E-state index contributed by atoms with van der Waals surface area (Å²) in [5.41, 5.74) is 0. The fourth-order valence-corrected chi connectivity index (χ4v) is 4.25. The number of hydrogen-bond acceptors (Lipinski definition) is 3. The Balaban J connectivity index is 3.70. The lowest BCUT2D eigenvalue weighted by atomic mass is 10.1. The summed E-state index contributed by atoms with van der Waals surface area (Å²) in [4.78, 5) is 2.72. The van der Waals surface area contributed by atoms with Gasteiger partial charge in [-0.3, -0.25) is 4.31 Å². The van der Waals surface area contributed by atoms with Gasteiger partial charge in [-0.1, -0.05) is 122 Å². The topological polar surface area (TPSA) is 6.48 Å². The summed E-state index contributed by atoms with van der Waals surface area (Å²) in [7, 11) is 2.06. The lowest BCUT2D eigenvalue weighted by molar-refractivity contribution is 0.252. The first-order valence-electron chi connectivity index (χ1n) is 14.1. The van der Waals surface area contributed by atoms with E-state index in [-0.39, 0.29) is 0 Å². The van der Waals surface area contributed by atoms with Crippen LogP contribution in [-0.2, 0) is 0 Å². The van der Waals surface area contributed by atoms with Crippen LogP contribution in [0.5, 0.6) is 0 Å².